The lowest BCUT2D eigenvalue weighted by molar-refractivity contribution is -0.137. The van der Waals surface area contributed by atoms with Gasteiger partial charge < -0.3 is 14.8 Å². The first-order chi connectivity index (χ1) is 20.3. The Bertz CT molecular complexity index is 1890. The van der Waals surface area contributed by atoms with Gasteiger partial charge in [0.1, 0.15) is 19.0 Å². The highest BCUT2D eigenvalue weighted by Gasteiger charge is 2.33. The number of ether oxygens (including phenoxy) is 2. The van der Waals surface area contributed by atoms with Crippen molar-refractivity contribution < 1.29 is 36.2 Å². The summed E-state index contributed by atoms with van der Waals surface area (Å²) >= 11 is 0. The second-order valence-electron chi connectivity index (χ2n) is 9.63. The van der Waals surface area contributed by atoms with E-state index in [1.807, 2.05) is 0 Å². The number of alkyl halides is 3. The first kappa shape index (κ1) is 29.4. The number of methoxy groups -OCH3 is 1. The fraction of sp³-hybridized carbons (Fsp3) is 0.207. The van der Waals surface area contributed by atoms with Crippen molar-refractivity contribution in [2.75, 3.05) is 12.4 Å². The molecule has 43 heavy (non-hydrogen) atoms. The standard InChI is InChI=1S/C29H24F5N5O4/c1-37-9-8-20(36-37)15-43-27-22(31)10-16(11-24(27)42-3)21-12-17(29(32,33)34)13-23-26(21)38(2)28(41)39(23)14-25(40)35-19-6-4-18(30)5-7-19/h4-13H,14-15H2,1-3H3,(H,35,40). The summed E-state index contributed by atoms with van der Waals surface area (Å²) in [7, 11) is 4.28. The Morgan fingerprint density at radius 1 is 1.02 bits per heavy atom. The molecular formula is C29H24F5N5O4. The maximum atomic E-state index is 15.4. The molecule has 2 aromatic heterocycles. The van der Waals surface area contributed by atoms with Crippen molar-refractivity contribution in [3.8, 4) is 22.6 Å². The van der Waals surface area contributed by atoms with Gasteiger partial charge in [-0.15, -0.1) is 0 Å². The SMILES string of the molecule is COc1cc(-c2cc(C(F)(F)F)cc3c2n(C)c(=O)n3CC(=O)Nc2ccc(F)cc2)cc(F)c1OCc1ccn(C)n1. The summed E-state index contributed by atoms with van der Waals surface area (Å²) in [6.07, 6.45) is -3.17. The van der Waals surface area contributed by atoms with E-state index in [4.69, 9.17) is 9.47 Å². The molecule has 9 nitrogen and oxygen atoms in total. The largest absolute Gasteiger partial charge is 0.493 e. The highest BCUT2D eigenvalue weighted by Crippen LogP contribution is 2.41. The van der Waals surface area contributed by atoms with E-state index in [9.17, 15) is 27.2 Å². The molecular weight excluding hydrogens is 577 g/mol. The van der Waals surface area contributed by atoms with E-state index < -0.39 is 41.5 Å². The van der Waals surface area contributed by atoms with E-state index in [0.29, 0.717) is 5.69 Å². The normalized spacial score (nSPS) is 11.6. The number of fused-ring (bicyclic) bond motifs is 1. The Balaban J connectivity index is 1.59. The summed E-state index contributed by atoms with van der Waals surface area (Å²) in [6.45, 7) is -0.745. The average molecular weight is 602 g/mol. The van der Waals surface area contributed by atoms with Crippen LogP contribution in [0.1, 0.15) is 11.3 Å². The van der Waals surface area contributed by atoms with E-state index >= 15 is 4.39 Å². The summed E-state index contributed by atoms with van der Waals surface area (Å²) in [4.78, 5) is 26.0. The first-order valence-corrected chi connectivity index (χ1v) is 12.7. The summed E-state index contributed by atoms with van der Waals surface area (Å²) < 4.78 is 85.2. The molecule has 0 saturated carbocycles. The van der Waals surface area contributed by atoms with Gasteiger partial charge in [0.15, 0.2) is 17.3 Å². The fourth-order valence-corrected chi connectivity index (χ4v) is 4.67. The van der Waals surface area contributed by atoms with Crippen molar-refractivity contribution in [3.63, 3.8) is 0 Å². The maximum absolute atomic E-state index is 15.4. The van der Waals surface area contributed by atoms with E-state index in [0.717, 1.165) is 39.5 Å². The van der Waals surface area contributed by atoms with E-state index in [2.05, 4.69) is 10.4 Å². The topological polar surface area (TPSA) is 92.3 Å². The number of aromatic nitrogens is 4. The van der Waals surface area contributed by atoms with Crippen molar-refractivity contribution in [1.29, 1.82) is 0 Å². The summed E-state index contributed by atoms with van der Waals surface area (Å²) in [5.74, 6) is -2.55. The molecule has 5 aromatic rings. The Kier molecular flexibility index (Phi) is 7.69. The number of benzene rings is 3. The van der Waals surface area contributed by atoms with Crippen LogP contribution >= 0.6 is 0 Å². The van der Waals surface area contributed by atoms with Crippen molar-refractivity contribution >= 4 is 22.6 Å². The minimum absolute atomic E-state index is 0.0242. The third kappa shape index (κ3) is 5.94. The molecule has 0 fully saturated rings. The minimum atomic E-state index is -4.84. The number of amides is 1. The summed E-state index contributed by atoms with van der Waals surface area (Å²) in [6, 6.07) is 10.3. The van der Waals surface area contributed by atoms with Gasteiger partial charge in [-0.3, -0.25) is 18.6 Å². The van der Waals surface area contributed by atoms with Crippen LogP contribution in [0.2, 0.25) is 0 Å². The molecule has 0 radical (unpaired) electrons. The molecule has 2 heterocycles. The number of carbonyl (C=O) groups excluding carboxylic acids is 1. The third-order valence-electron chi connectivity index (χ3n) is 6.66. The van der Waals surface area contributed by atoms with Crippen molar-refractivity contribution in [3.05, 3.63) is 94.2 Å². The molecule has 0 aliphatic rings. The van der Waals surface area contributed by atoms with Crippen molar-refractivity contribution in [1.82, 2.24) is 18.9 Å². The first-order valence-electron chi connectivity index (χ1n) is 12.7. The average Bonchev–Trinajstić information content (AvgIpc) is 3.48. The second kappa shape index (κ2) is 11.3. The van der Waals surface area contributed by atoms with E-state index in [1.54, 1.807) is 19.3 Å². The van der Waals surface area contributed by atoms with Gasteiger partial charge in [0.25, 0.3) is 0 Å². The van der Waals surface area contributed by atoms with E-state index in [-0.39, 0.29) is 46.0 Å². The molecule has 0 unspecified atom stereocenters. The van der Waals surface area contributed by atoms with Crippen molar-refractivity contribution in [2.24, 2.45) is 14.1 Å². The van der Waals surface area contributed by atoms with Crippen LogP contribution in [-0.2, 0) is 38.2 Å². The number of hydrogen-bond acceptors (Lipinski definition) is 5. The highest BCUT2D eigenvalue weighted by atomic mass is 19.4. The molecule has 14 heteroatoms. The van der Waals surface area contributed by atoms with Crippen LogP contribution < -0.4 is 20.5 Å². The van der Waals surface area contributed by atoms with Gasteiger partial charge in [-0.2, -0.15) is 18.3 Å². The van der Waals surface area contributed by atoms with E-state index in [1.165, 1.54) is 37.0 Å². The second-order valence-corrected chi connectivity index (χ2v) is 9.63. The predicted octanol–water partition coefficient (Wildman–Crippen LogP) is 5.26. The number of imidazole rings is 1. The Morgan fingerprint density at radius 3 is 2.37 bits per heavy atom. The van der Waals surface area contributed by atoms with Gasteiger partial charge in [-0.25, -0.2) is 13.6 Å². The molecule has 3 aromatic carbocycles. The summed E-state index contributed by atoms with van der Waals surface area (Å²) in [5, 5.41) is 6.64. The third-order valence-corrected chi connectivity index (χ3v) is 6.66. The lowest BCUT2D eigenvalue weighted by Gasteiger charge is -2.16. The number of nitrogens with one attached hydrogen (secondary N) is 1. The smallest absolute Gasteiger partial charge is 0.416 e. The van der Waals surface area contributed by atoms with Gasteiger partial charge in [-0.05, 0) is 60.2 Å². The zero-order valence-electron chi connectivity index (χ0n) is 23.0. The van der Waals surface area contributed by atoms with Gasteiger partial charge >= 0.3 is 11.9 Å². The molecule has 224 valence electrons. The van der Waals surface area contributed by atoms with Crippen LogP contribution in [-0.4, -0.2) is 31.9 Å². The Hall–Kier alpha value is -5.14. The van der Waals surface area contributed by atoms with Crippen LogP contribution in [0.4, 0.5) is 27.6 Å². The number of rotatable bonds is 8. The highest BCUT2D eigenvalue weighted by molar-refractivity contribution is 5.96. The van der Waals surface area contributed by atoms with Gasteiger partial charge in [0, 0.05) is 31.5 Å². The molecule has 0 atom stereocenters. The molecule has 1 N–H and O–H groups in total. The van der Waals surface area contributed by atoms with Crippen molar-refractivity contribution in [2.45, 2.75) is 19.3 Å². The quantitative estimate of drug-likeness (QED) is 0.245. The molecule has 0 saturated heterocycles. The summed E-state index contributed by atoms with van der Waals surface area (Å²) in [5.41, 5.74) is -1.51. The monoisotopic (exact) mass is 601 g/mol. The predicted molar refractivity (Wildman–Crippen MR) is 147 cm³/mol. The van der Waals surface area contributed by atoms with Gasteiger partial charge in [0.2, 0.25) is 5.91 Å². The lowest BCUT2D eigenvalue weighted by Crippen LogP contribution is -2.28. The molecule has 0 spiro atoms. The molecule has 0 bridgehead atoms. The lowest BCUT2D eigenvalue weighted by atomic mass is 9.99. The van der Waals surface area contributed by atoms with Crippen LogP contribution in [0.5, 0.6) is 11.5 Å². The number of halogens is 5. The van der Waals surface area contributed by atoms with Crippen LogP contribution in [0.15, 0.2) is 65.6 Å². The Morgan fingerprint density at radius 2 is 1.74 bits per heavy atom. The molecule has 0 aliphatic heterocycles. The number of aryl methyl sites for hydroxylation is 2. The van der Waals surface area contributed by atoms with Gasteiger partial charge in [0.05, 0.1) is 29.4 Å². The number of nitrogens with zero attached hydrogens (tertiary/aromatic N) is 4. The molecule has 5 rings (SSSR count). The van der Waals surface area contributed by atoms with Crippen LogP contribution in [0.25, 0.3) is 22.2 Å². The molecule has 0 aliphatic carbocycles. The number of hydrogen-bond donors (Lipinski definition) is 1. The van der Waals surface area contributed by atoms with Gasteiger partial charge in [-0.1, -0.05) is 0 Å². The number of carbonyl (C=O) groups is 1. The number of anilines is 1. The Labute approximate surface area is 240 Å². The maximum Gasteiger partial charge on any atom is 0.416 e. The zero-order chi connectivity index (χ0) is 31.1. The zero-order valence-corrected chi connectivity index (χ0v) is 23.0. The fourth-order valence-electron chi connectivity index (χ4n) is 4.67. The molecule has 1 amide bonds. The van der Waals surface area contributed by atoms with Crippen LogP contribution in [0, 0.1) is 11.6 Å². The minimum Gasteiger partial charge on any atom is -0.493 e. The van der Waals surface area contributed by atoms with Crippen LogP contribution in [0.3, 0.4) is 0 Å².